The third-order valence-electron chi connectivity index (χ3n) is 1.77. The van der Waals surface area contributed by atoms with Crippen LogP contribution in [0, 0.1) is 0 Å². The Morgan fingerprint density at radius 1 is 1.23 bits per heavy atom. The molecule has 1 nitrogen and oxygen atoms in total. The molecule has 1 aliphatic heterocycles. The van der Waals surface area contributed by atoms with E-state index in [0.29, 0.717) is 6.61 Å². The van der Waals surface area contributed by atoms with Gasteiger partial charge < -0.3 is 4.74 Å². The molecule has 0 saturated heterocycles. The number of fused-ring (bicyclic) bond motifs is 1. The molecule has 0 unspecified atom stereocenters. The summed E-state index contributed by atoms with van der Waals surface area (Å²) in [5, 5.41) is 0. The van der Waals surface area contributed by atoms with Crippen molar-refractivity contribution in [3.63, 3.8) is 0 Å². The molecule has 13 heavy (non-hydrogen) atoms. The highest BCUT2D eigenvalue weighted by atomic mass is 16.5. The van der Waals surface area contributed by atoms with Gasteiger partial charge in [-0.3, -0.25) is 0 Å². The lowest BCUT2D eigenvalue weighted by molar-refractivity contribution is 0.251. The molecule has 0 spiro atoms. The average Bonchev–Trinajstić information content (AvgIpc) is 2.45. The summed E-state index contributed by atoms with van der Waals surface area (Å²) < 4.78 is 5.43. The van der Waals surface area contributed by atoms with Crippen molar-refractivity contribution in [2.45, 2.75) is 20.3 Å². The van der Waals surface area contributed by atoms with E-state index in [9.17, 15) is 0 Å². The van der Waals surface area contributed by atoms with Crippen LogP contribution in [-0.2, 0) is 4.74 Å². The van der Waals surface area contributed by atoms with Crippen molar-refractivity contribution in [1.29, 1.82) is 0 Å². The Morgan fingerprint density at radius 2 is 2.08 bits per heavy atom. The SMILES string of the molecule is C1=CCC=C2OCC=CC2=C1.CC. The van der Waals surface area contributed by atoms with Crippen molar-refractivity contribution < 1.29 is 4.74 Å². The first-order chi connectivity index (χ1) is 6.47. The largest absolute Gasteiger partial charge is 0.489 e. The molecule has 0 saturated carbocycles. The zero-order valence-corrected chi connectivity index (χ0v) is 8.29. The molecule has 0 aromatic heterocycles. The first-order valence-electron chi connectivity index (χ1n) is 4.83. The van der Waals surface area contributed by atoms with Crippen LogP contribution in [0.15, 0.2) is 47.8 Å². The molecule has 2 rings (SSSR count). The highest BCUT2D eigenvalue weighted by molar-refractivity contribution is 5.42. The summed E-state index contributed by atoms with van der Waals surface area (Å²) in [5.41, 5.74) is 1.19. The molecule has 0 radical (unpaired) electrons. The Bertz CT molecular complexity index is 267. The number of rotatable bonds is 0. The highest BCUT2D eigenvalue weighted by Gasteiger charge is 2.06. The molecular formula is C12H16O. The van der Waals surface area contributed by atoms with Gasteiger partial charge in [0.05, 0.1) is 0 Å². The second kappa shape index (κ2) is 5.41. The van der Waals surface area contributed by atoms with Crippen LogP contribution in [0.1, 0.15) is 20.3 Å². The van der Waals surface area contributed by atoms with Gasteiger partial charge in [-0.2, -0.15) is 0 Å². The van der Waals surface area contributed by atoms with Gasteiger partial charge in [-0.15, -0.1) is 0 Å². The Morgan fingerprint density at radius 3 is 2.92 bits per heavy atom. The van der Waals surface area contributed by atoms with Gasteiger partial charge in [0.1, 0.15) is 12.4 Å². The molecule has 1 heteroatoms. The fraction of sp³-hybridized carbons (Fsp3) is 0.333. The van der Waals surface area contributed by atoms with Crippen LogP contribution in [0.2, 0.25) is 0 Å². The number of hydrogen-bond donors (Lipinski definition) is 0. The van der Waals surface area contributed by atoms with Gasteiger partial charge in [0.15, 0.2) is 0 Å². The van der Waals surface area contributed by atoms with Crippen molar-refractivity contribution in [2.75, 3.05) is 6.61 Å². The number of allylic oxidation sites excluding steroid dienone is 5. The third kappa shape index (κ3) is 2.62. The first-order valence-corrected chi connectivity index (χ1v) is 4.83. The maximum Gasteiger partial charge on any atom is 0.123 e. The van der Waals surface area contributed by atoms with Gasteiger partial charge in [0.25, 0.3) is 0 Å². The molecular weight excluding hydrogens is 160 g/mol. The van der Waals surface area contributed by atoms with E-state index in [1.165, 1.54) is 5.57 Å². The second-order valence-corrected chi connectivity index (χ2v) is 2.57. The smallest absolute Gasteiger partial charge is 0.123 e. The second-order valence-electron chi connectivity index (χ2n) is 2.57. The fourth-order valence-electron chi connectivity index (χ4n) is 1.22. The van der Waals surface area contributed by atoms with Crippen molar-refractivity contribution >= 4 is 0 Å². The Kier molecular flexibility index (Phi) is 4.10. The van der Waals surface area contributed by atoms with Crippen molar-refractivity contribution in [3.8, 4) is 0 Å². The fourth-order valence-corrected chi connectivity index (χ4v) is 1.22. The molecule has 0 fully saturated rings. The van der Waals surface area contributed by atoms with E-state index in [1.54, 1.807) is 0 Å². The van der Waals surface area contributed by atoms with E-state index in [1.807, 2.05) is 19.9 Å². The summed E-state index contributed by atoms with van der Waals surface area (Å²) in [4.78, 5) is 0. The van der Waals surface area contributed by atoms with Gasteiger partial charge >= 0.3 is 0 Å². The summed E-state index contributed by atoms with van der Waals surface area (Å²) in [7, 11) is 0. The zero-order chi connectivity index (χ0) is 9.52. The monoisotopic (exact) mass is 176 g/mol. The Balaban J connectivity index is 0.000000396. The molecule has 0 bridgehead atoms. The molecule has 70 valence electrons. The lowest BCUT2D eigenvalue weighted by atomic mass is 10.1. The van der Waals surface area contributed by atoms with Gasteiger partial charge in [-0.25, -0.2) is 0 Å². The van der Waals surface area contributed by atoms with Gasteiger partial charge in [-0.05, 0) is 18.6 Å². The van der Waals surface area contributed by atoms with Crippen molar-refractivity contribution in [1.82, 2.24) is 0 Å². The minimum Gasteiger partial charge on any atom is -0.489 e. The van der Waals surface area contributed by atoms with Crippen LogP contribution in [-0.4, -0.2) is 6.61 Å². The topological polar surface area (TPSA) is 9.23 Å². The van der Waals surface area contributed by atoms with E-state index in [2.05, 4.69) is 30.4 Å². The molecule has 0 N–H and O–H groups in total. The minimum atomic E-state index is 0.711. The van der Waals surface area contributed by atoms with E-state index >= 15 is 0 Å². The van der Waals surface area contributed by atoms with Crippen LogP contribution >= 0.6 is 0 Å². The standard InChI is InChI=1S/C10H10O.C2H6/c1-2-5-9-6-4-8-11-10(9)7-3-1;1-2/h1-2,4-7H,3,8H2;1-2H3. The maximum atomic E-state index is 5.43. The number of hydrogen-bond acceptors (Lipinski definition) is 1. The zero-order valence-electron chi connectivity index (χ0n) is 8.29. The molecule has 1 aliphatic carbocycles. The summed E-state index contributed by atoms with van der Waals surface area (Å²) in [5.74, 6) is 1.03. The highest BCUT2D eigenvalue weighted by Crippen LogP contribution is 2.20. The lowest BCUT2D eigenvalue weighted by Gasteiger charge is -2.12. The quantitative estimate of drug-likeness (QED) is 0.550. The predicted molar refractivity (Wildman–Crippen MR) is 56.4 cm³/mol. The maximum absolute atomic E-state index is 5.43. The minimum absolute atomic E-state index is 0.711. The molecule has 0 amide bonds. The Labute approximate surface area is 80.1 Å². The van der Waals surface area contributed by atoms with E-state index < -0.39 is 0 Å². The molecule has 0 atom stereocenters. The van der Waals surface area contributed by atoms with Crippen LogP contribution in [0.4, 0.5) is 0 Å². The summed E-state index contributed by atoms with van der Waals surface area (Å²) in [6, 6.07) is 0. The van der Waals surface area contributed by atoms with Crippen molar-refractivity contribution in [3.05, 3.63) is 47.8 Å². The first kappa shape index (κ1) is 9.85. The third-order valence-corrected chi connectivity index (χ3v) is 1.77. The van der Waals surface area contributed by atoms with Gasteiger partial charge in [-0.1, -0.05) is 38.2 Å². The van der Waals surface area contributed by atoms with Crippen LogP contribution in [0.25, 0.3) is 0 Å². The van der Waals surface area contributed by atoms with Crippen LogP contribution < -0.4 is 0 Å². The van der Waals surface area contributed by atoms with Gasteiger partial charge in [0, 0.05) is 5.57 Å². The molecule has 2 aliphatic rings. The average molecular weight is 176 g/mol. The van der Waals surface area contributed by atoms with E-state index in [0.717, 1.165) is 12.2 Å². The normalized spacial score (nSPS) is 18.3. The number of ether oxygens (including phenoxy) is 1. The molecule has 0 aromatic carbocycles. The summed E-state index contributed by atoms with van der Waals surface area (Å²) in [6.45, 7) is 4.71. The summed E-state index contributed by atoms with van der Waals surface area (Å²) in [6.07, 6.45) is 13.5. The predicted octanol–water partition coefficient (Wildman–Crippen LogP) is 3.37. The van der Waals surface area contributed by atoms with Crippen LogP contribution in [0.5, 0.6) is 0 Å². The summed E-state index contributed by atoms with van der Waals surface area (Å²) >= 11 is 0. The van der Waals surface area contributed by atoms with E-state index in [4.69, 9.17) is 4.74 Å². The Hall–Kier alpha value is -1.24. The molecule has 1 heterocycles. The lowest BCUT2D eigenvalue weighted by Crippen LogP contribution is -1.99. The van der Waals surface area contributed by atoms with Crippen LogP contribution in [0.3, 0.4) is 0 Å². The van der Waals surface area contributed by atoms with Gasteiger partial charge in [0.2, 0.25) is 0 Å². The van der Waals surface area contributed by atoms with E-state index in [-0.39, 0.29) is 0 Å². The van der Waals surface area contributed by atoms with Crippen molar-refractivity contribution in [2.24, 2.45) is 0 Å². The molecule has 0 aromatic rings.